The molecular formula is C23H23NO. The van der Waals surface area contributed by atoms with Crippen LogP contribution in [0.4, 0.5) is 5.69 Å². The van der Waals surface area contributed by atoms with E-state index >= 15 is 0 Å². The predicted octanol–water partition coefficient (Wildman–Crippen LogP) is 6.24. The van der Waals surface area contributed by atoms with E-state index in [9.17, 15) is 5.11 Å². The molecule has 2 nitrogen and oxygen atoms in total. The first-order valence-electron chi connectivity index (χ1n) is 8.57. The van der Waals surface area contributed by atoms with Crippen LogP contribution in [0.1, 0.15) is 36.5 Å². The molecule has 0 aromatic heterocycles. The number of hydrogen-bond donors (Lipinski definition) is 1. The molecule has 0 saturated carbocycles. The summed E-state index contributed by atoms with van der Waals surface area (Å²) in [4.78, 5) is 4.47. The normalized spacial score (nSPS) is 11.4. The van der Waals surface area contributed by atoms with E-state index in [1.54, 1.807) is 6.21 Å². The zero-order valence-electron chi connectivity index (χ0n) is 14.9. The van der Waals surface area contributed by atoms with E-state index in [1.165, 1.54) is 5.56 Å². The summed E-state index contributed by atoms with van der Waals surface area (Å²) in [5.74, 6) is 0.760. The Balaban J connectivity index is 1.98. The van der Waals surface area contributed by atoms with E-state index in [1.807, 2.05) is 49.4 Å². The lowest BCUT2D eigenvalue weighted by Gasteiger charge is -2.11. The molecule has 0 aliphatic carbocycles. The Bertz CT molecular complexity index is 878. The SMILES string of the molecule is Cc1cc(C=Nc2ccccc2)c(O)c(-c2ccc(C(C)C)cc2)c1. The number of nitrogens with zero attached hydrogens (tertiary/aromatic N) is 1. The summed E-state index contributed by atoms with van der Waals surface area (Å²) >= 11 is 0. The number of para-hydroxylation sites is 1. The van der Waals surface area contributed by atoms with Crippen molar-refractivity contribution in [2.24, 2.45) is 4.99 Å². The fourth-order valence-corrected chi connectivity index (χ4v) is 2.83. The van der Waals surface area contributed by atoms with Gasteiger partial charge in [-0.2, -0.15) is 0 Å². The van der Waals surface area contributed by atoms with Crippen molar-refractivity contribution in [3.63, 3.8) is 0 Å². The summed E-state index contributed by atoms with van der Waals surface area (Å²) in [6, 6.07) is 22.1. The molecule has 0 unspecified atom stereocenters. The van der Waals surface area contributed by atoms with Gasteiger partial charge in [-0.15, -0.1) is 0 Å². The minimum Gasteiger partial charge on any atom is -0.507 e. The number of rotatable bonds is 4. The maximum absolute atomic E-state index is 10.7. The fourth-order valence-electron chi connectivity index (χ4n) is 2.83. The third-order valence-corrected chi connectivity index (χ3v) is 4.28. The van der Waals surface area contributed by atoms with Crippen LogP contribution >= 0.6 is 0 Å². The summed E-state index contributed by atoms with van der Waals surface area (Å²) in [7, 11) is 0. The van der Waals surface area contributed by atoms with Crippen molar-refractivity contribution in [1.82, 2.24) is 0 Å². The third kappa shape index (κ3) is 3.97. The highest BCUT2D eigenvalue weighted by Crippen LogP contribution is 2.34. The van der Waals surface area contributed by atoms with E-state index < -0.39 is 0 Å². The Morgan fingerprint density at radius 2 is 1.60 bits per heavy atom. The van der Waals surface area contributed by atoms with Crippen molar-refractivity contribution >= 4 is 11.9 Å². The van der Waals surface area contributed by atoms with Crippen LogP contribution in [0.25, 0.3) is 11.1 Å². The van der Waals surface area contributed by atoms with Gasteiger partial charge in [0.25, 0.3) is 0 Å². The van der Waals surface area contributed by atoms with Crippen LogP contribution in [0.3, 0.4) is 0 Å². The number of hydrogen-bond acceptors (Lipinski definition) is 2. The first-order chi connectivity index (χ1) is 12.0. The molecule has 0 fully saturated rings. The summed E-state index contributed by atoms with van der Waals surface area (Å²) in [6.45, 7) is 6.39. The van der Waals surface area contributed by atoms with Crippen LogP contribution in [0.2, 0.25) is 0 Å². The minimum atomic E-state index is 0.266. The van der Waals surface area contributed by atoms with Crippen LogP contribution in [0.5, 0.6) is 5.75 Å². The van der Waals surface area contributed by atoms with Crippen LogP contribution < -0.4 is 0 Å². The largest absolute Gasteiger partial charge is 0.507 e. The number of phenols is 1. The molecule has 0 aliphatic heterocycles. The molecule has 1 N–H and O–H groups in total. The average Bonchev–Trinajstić information content (AvgIpc) is 2.63. The molecule has 3 rings (SSSR count). The van der Waals surface area contributed by atoms with Crippen LogP contribution in [-0.4, -0.2) is 11.3 Å². The first kappa shape index (κ1) is 17.0. The maximum atomic E-state index is 10.7. The number of phenolic OH excluding ortho intramolecular Hbond substituents is 1. The number of aliphatic imine (C=N–C) groups is 1. The number of aryl methyl sites for hydroxylation is 1. The van der Waals surface area contributed by atoms with Crippen LogP contribution in [0, 0.1) is 6.92 Å². The van der Waals surface area contributed by atoms with Crippen molar-refractivity contribution in [3.05, 3.63) is 83.4 Å². The summed E-state index contributed by atoms with van der Waals surface area (Å²) in [5, 5.41) is 10.7. The molecule has 25 heavy (non-hydrogen) atoms. The Morgan fingerprint density at radius 3 is 2.24 bits per heavy atom. The van der Waals surface area contributed by atoms with E-state index in [4.69, 9.17) is 0 Å². The second-order valence-corrected chi connectivity index (χ2v) is 6.62. The summed E-state index contributed by atoms with van der Waals surface area (Å²) < 4.78 is 0. The van der Waals surface area contributed by atoms with Crippen molar-refractivity contribution in [2.75, 3.05) is 0 Å². The lowest BCUT2D eigenvalue weighted by Crippen LogP contribution is -1.91. The van der Waals surface area contributed by atoms with Gasteiger partial charge in [0, 0.05) is 17.3 Å². The van der Waals surface area contributed by atoms with Gasteiger partial charge in [0.15, 0.2) is 0 Å². The van der Waals surface area contributed by atoms with Gasteiger partial charge >= 0.3 is 0 Å². The topological polar surface area (TPSA) is 32.6 Å². The molecule has 3 aromatic rings. The Labute approximate surface area is 149 Å². The zero-order chi connectivity index (χ0) is 17.8. The molecular weight excluding hydrogens is 306 g/mol. The van der Waals surface area contributed by atoms with Crippen molar-refractivity contribution < 1.29 is 5.11 Å². The zero-order valence-corrected chi connectivity index (χ0v) is 14.9. The highest BCUT2D eigenvalue weighted by atomic mass is 16.3. The number of aromatic hydroxyl groups is 1. The van der Waals surface area contributed by atoms with Gasteiger partial charge in [0.1, 0.15) is 5.75 Å². The Morgan fingerprint density at radius 1 is 0.920 bits per heavy atom. The van der Waals surface area contributed by atoms with Crippen molar-refractivity contribution in [2.45, 2.75) is 26.7 Å². The van der Waals surface area contributed by atoms with Gasteiger partial charge in [0.2, 0.25) is 0 Å². The van der Waals surface area contributed by atoms with Crippen molar-refractivity contribution in [3.8, 4) is 16.9 Å². The van der Waals surface area contributed by atoms with Gasteiger partial charge in [-0.1, -0.05) is 56.3 Å². The lowest BCUT2D eigenvalue weighted by molar-refractivity contribution is 0.476. The molecule has 3 aromatic carbocycles. The maximum Gasteiger partial charge on any atom is 0.132 e. The lowest BCUT2D eigenvalue weighted by atomic mass is 9.96. The fraction of sp³-hybridized carbons (Fsp3) is 0.174. The highest BCUT2D eigenvalue weighted by Gasteiger charge is 2.10. The van der Waals surface area contributed by atoms with E-state index in [0.29, 0.717) is 5.92 Å². The minimum absolute atomic E-state index is 0.266. The Kier molecular flexibility index (Phi) is 4.99. The molecule has 0 aliphatic rings. The van der Waals surface area contributed by atoms with Gasteiger partial charge in [-0.3, -0.25) is 4.99 Å². The molecule has 0 amide bonds. The molecule has 0 saturated heterocycles. The van der Waals surface area contributed by atoms with Crippen LogP contribution in [0.15, 0.2) is 71.7 Å². The summed E-state index contributed by atoms with van der Waals surface area (Å²) in [5.41, 5.74) is 5.83. The first-order valence-corrected chi connectivity index (χ1v) is 8.57. The molecule has 0 bridgehead atoms. The second kappa shape index (κ2) is 7.35. The molecule has 0 heterocycles. The smallest absolute Gasteiger partial charge is 0.132 e. The van der Waals surface area contributed by atoms with Crippen LogP contribution in [-0.2, 0) is 0 Å². The van der Waals surface area contributed by atoms with Gasteiger partial charge < -0.3 is 5.11 Å². The quantitative estimate of drug-likeness (QED) is 0.564. The monoisotopic (exact) mass is 329 g/mol. The van der Waals surface area contributed by atoms with Gasteiger partial charge in [-0.05, 0) is 53.8 Å². The summed E-state index contributed by atoms with van der Waals surface area (Å²) in [6.07, 6.45) is 1.73. The van der Waals surface area contributed by atoms with Crippen molar-refractivity contribution in [1.29, 1.82) is 0 Å². The molecule has 0 atom stereocenters. The third-order valence-electron chi connectivity index (χ3n) is 4.28. The standard InChI is InChI=1S/C23H23NO/c1-16(2)18-9-11-19(12-10-18)22-14-17(3)13-20(23(22)25)15-24-21-7-5-4-6-8-21/h4-16,25H,1-3H3. The number of benzene rings is 3. The van der Waals surface area contributed by atoms with E-state index in [0.717, 1.165) is 27.9 Å². The predicted molar refractivity (Wildman–Crippen MR) is 106 cm³/mol. The second-order valence-electron chi connectivity index (χ2n) is 6.62. The molecule has 126 valence electrons. The van der Waals surface area contributed by atoms with E-state index in [-0.39, 0.29) is 5.75 Å². The Hall–Kier alpha value is -2.87. The molecule has 2 heteroatoms. The molecule has 0 spiro atoms. The highest BCUT2D eigenvalue weighted by molar-refractivity contribution is 5.90. The molecule has 0 radical (unpaired) electrons. The average molecular weight is 329 g/mol. The van der Waals surface area contributed by atoms with Gasteiger partial charge in [0.05, 0.1) is 5.69 Å². The van der Waals surface area contributed by atoms with Gasteiger partial charge in [-0.25, -0.2) is 0 Å². The van der Waals surface area contributed by atoms with E-state index in [2.05, 4.69) is 43.1 Å².